The summed E-state index contributed by atoms with van der Waals surface area (Å²) in [5.41, 5.74) is 8.32. The van der Waals surface area contributed by atoms with Gasteiger partial charge in [-0.3, -0.25) is 29.1 Å². The molecule has 15 nitrogen and oxygen atoms in total. The van der Waals surface area contributed by atoms with E-state index in [1.165, 1.54) is 18.2 Å². The van der Waals surface area contributed by atoms with Gasteiger partial charge in [0.2, 0.25) is 0 Å². The second kappa shape index (κ2) is 29.7. The van der Waals surface area contributed by atoms with E-state index in [4.69, 9.17) is 24.2 Å². The SMILES string of the molecule is C=Cc1cccc([C@@H](C2CC2)N2CCc3ccc(Oc4ccc(F)cc4F)cc3C2=O)n1.CC(C)(CO)NCc1cccc([C@@H](C2CC2)N2CCc3ccc(Oc4ccc(F)cc4F)cc3C2=O)n1.O=Cc1cccc([C@@H](C2CC2)N2CCc3ccc(Oc4ccc(F)cc4F)cc3C2=O)n1. The summed E-state index contributed by atoms with van der Waals surface area (Å²) >= 11 is 0. The summed E-state index contributed by atoms with van der Waals surface area (Å²) in [7, 11) is 0. The van der Waals surface area contributed by atoms with Crippen LogP contribution in [0.25, 0.3) is 6.08 Å². The third-order valence-corrected chi connectivity index (χ3v) is 19.0. The number of benzene rings is 6. The van der Waals surface area contributed by atoms with E-state index in [1.54, 1.807) is 60.7 Å². The third kappa shape index (κ3) is 16.1. The lowest BCUT2D eigenvalue weighted by Crippen LogP contribution is -2.42. The predicted octanol–water partition coefficient (Wildman–Crippen LogP) is 16.2. The molecule has 101 heavy (non-hydrogen) atoms. The van der Waals surface area contributed by atoms with Crippen molar-refractivity contribution in [3.8, 4) is 34.5 Å². The fourth-order valence-corrected chi connectivity index (χ4v) is 13.2. The number of rotatable bonds is 21. The van der Waals surface area contributed by atoms with E-state index >= 15 is 0 Å². The van der Waals surface area contributed by atoms with Crippen molar-refractivity contribution in [2.24, 2.45) is 17.8 Å². The highest BCUT2D eigenvalue weighted by atomic mass is 19.2. The largest absolute Gasteiger partial charge is 0.454 e. The summed E-state index contributed by atoms with van der Waals surface area (Å²) in [6, 6.07) is 41.4. The number of fused-ring (bicyclic) bond motifs is 3. The summed E-state index contributed by atoms with van der Waals surface area (Å²) < 4.78 is 98.6. The lowest BCUT2D eigenvalue weighted by molar-refractivity contribution is 0.0620. The van der Waals surface area contributed by atoms with E-state index < -0.39 is 40.4 Å². The standard InChI is InChI=1S/C29H31F2N3O3.C26H22F2N2O2.C25H20F2N2O3/c1-29(2,17-35)32-16-21-4-3-5-25(33-21)27(19-6-7-19)34-13-12-18-8-10-22(15-23(18)28(34)36)37-26-11-9-20(30)14-24(26)31;1-2-19-4-3-5-23(29-19)25(17-6-7-17)30-13-12-16-8-10-20(15-21(16)26(30)31)32-24-11-9-18(27)14-22(24)28;26-17-7-9-23(21(27)12-17)32-19-8-6-15-10-11-29(25(31)20(15)13-19)24(16-4-5-16)22-3-1-2-18(14-30)28-22/h3-5,8-11,14-15,19,27,32,35H,6-7,12-13,16-17H2,1-2H3;2-5,8-11,14-15,17,25H,1,6-7,12-13H2;1-3,6-9,12-14,16,24H,4-5,10-11H2/t27-;25-;24-/m111/s1. The quantitative estimate of drug-likeness (QED) is 0.0515. The Kier molecular flexibility index (Phi) is 20.3. The van der Waals surface area contributed by atoms with Crippen molar-refractivity contribution in [1.82, 2.24) is 35.0 Å². The van der Waals surface area contributed by atoms with Gasteiger partial charge in [0, 0.05) is 66.6 Å². The Labute approximate surface area is 580 Å². The van der Waals surface area contributed by atoms with E-state index in [0.717, 1.165) is 127 Å². The van der Waals surface area contributed by atoms with Crippen LogP contribution in [-0.4, -0.2) is 90.5 Å². The molecule has 9 aromatic rings. The van der Waals surface area contributed by atoms with Gasteiger partial charge in [0.05, 0.1) is 53.2 Å². The first kappa shape index (κ1) is 69.0. The Morgan fingerprint density at radius 3 is 1.20 bits per heavy atom. The number of nitrogens with one attached hydrogen (secondary N) is 1. The zero-order chi connectivity index (χ0) is 70.6. The van der Waals surface area contributed by atoms with Crippen LogP contribution in [0, 0.1) is 52.7 Å². The number of nitrogens with zero attached hydrogens (tertiary/aromatic N) is 6. The Morgan fingerprint density at radius 2 is 0.851 bits per heavy atom. The topological polar surface area (TPSA) is 177 Å². The molecule has 0 saturated heterocycles. The number of aliphatic hydroxyl groups excluding tert-OH is 1. The Balaban J connectivity index is 0.000000136. The Bertz CT molecular complexity index is 4450. The van der Waals surface area contributed by atoms with Gasteiger partial charge in [0.1, 0.15) is 40.4 Å². The van der Waals surface area contributed by atoms with Crippen LogP contribution in [-0.2, 0) is 25.8 Å². The zero-order valence-corrected chi connectivity index (χ0v) is 55.6. The molecule has 15 rings (SSSR count). The highest BCUT2D eigenvalue weighted by Gasteiger charge is 2.44. The number of hydrogen-bond donors (Lipinski definition) is 2. The smallest absolute Gasteiger partial charge is 0.254 e. The van der Waals surface area contributed by atoms with E-state index in [1.807, 2.05) is 83.1 Å². The molecule has 3 aromatic heterocycles. The van der Waals surface area contributed by atoms with Gasteiger partial charge in [0.25, 0.3) is 17.7 Å². The first-order valence-electron chi connectivity index (χ1n) is 33.8. The molecule has 0 bridgehead atoms. The van der Waals surface area contributed by atoms with Crippen LogP contribution in [0.5, 0.6) is 34.5 Å². The van der Waals surface area contributed by atoms with Gasteiger partial charge in [-0.05, 0) is 221 Å². The van der Waals surface area contributed by atoms with Crippen molar-refractivity contribution in [2.45, 2.75) is 102 Å². The van der Waals surface area contributed by atoms with Crippen LogP contribution < -0.4 is 19.5 Å². The van der Waals surface area contributed by atoms with Crippen LogP contribution in [0.2, 0.25) is 0 Å². The number of aliphatic hydroxyl groups is 1. The number of carbonyl (C=O) groups excluding carboxylic acids is 4. The lowest BCUT2D eigenvalue weighted by atomic mass is 9.95. The summed E-state index contributed by atoms with van der Waals surface area (Å²) in [6.07, 6.45) is 10.7. The molecule has 6 aliphatic rings. The number of hydrogen-bond acceptors (Lipinski definition) is 12. The van der Waals surface area contributed by atoms with Gasteiger partial charge in [-0.2, -0.15) is 0 Å². The monoisotopic (exact) mass is 1370 g/mol. The average Bonchev–Trinajstić information content (AvgIpc) is 1.72. The van der Waals surface area contributed by atoms with E-state index in [-0.39, 0.29) is 59.7 Å². The van der Waals surface area contributed by atoms with Crippen molar-refractivity contribution in [2.75, 3.05) is 26.2 Å². The summed E-state index contributed by atoms with van der Waals surface area (Å²) in [6.45, 7) is 9.92. The maximum absolute atomic E-state index is 14.1. The van der Waals surface area contributed by atoms with Gasteiger partial charge in [-0.15, -0.1) is 0 Å². The molecular weight excluding hydrogens is 1300 g/mol. The van der Waals surface area contributed by atoms with Gasteiger partial charge in [-0.1, -0.05) is 43.0 Å². The van der Waals surface area contributed by atoms with Gasteiger partial charge in [0.15, 0.2) is 41.0 Å². The fourth-order valence-electron chi connectivity index (χ4n) is 13.2. The minimum atomic E-state index is -0.814. The molecule has 3 saturated carbocycles. The average molecular weight is 1370 g/mol. The summed E-state index contributed by atoms with van der Waals surface area (Å²) in [5.74, 6) is -3.10. The molecule has 21 heteroatoms. The van der Waals surface area contributed by atoms with Crippen molar-refractivity contribution in [3.05, 3.63) is 273 Å². The molecule has 3 aliphatic carbocycles. The lowest BCUT2D eigenvalue weighted by Gasteiger charge is -2.36. The fraction of sp³-hybridized carbons (Fsp3) is 0.287. The van der Waals surface area contributed by atoms with Crippen molar-refractivity contribution in [1.29, 1.82) is 0 Å². The zero-order valence-electron chi connectivity index (χ0n) is 55.6. The van der Waals surface area contributed by atoms with Crippen LogP contribution >= 0.6 is 0 Å². The third-order valence-electron chi connectivity index (χ3n) is 19.0. The molecule has 3 amide bonds. The first-order chi connectivity index (χ1) is 48.8. The van der Waals surface area contributed by atoms with E-state index in [0.29, 0.717) is 103 Å². The van der Waals surface area contributed by atoms with Gasteiger partial charge >= 0.3 is 0 Å². The number of aldehydes is 1. The predicted molar refractivity (Wildman–Crippen MR) is 365 cm³/mol. The van der Waals surface area contributed by atoms with Crippen molar-refractivity contribution >= 4 is 30.1 Å². The molecule has 0 radical (unpaired) electrons. The molecule has 3 atom stereocenters. The second-order valence-electron chi connectivity index (χ2n) is 26.8. The van der Waals surface area contributed by atoms with Gasteiger partial charge in [-0.25, -0.2) is 31.3 Å². The number of aromatic nitrogens is 3. The highest BCUT2D eigenvalue weighted by Crippen LogP contribution is 2.49. The van der Waals surface area contributed by atoms with E-state index in [9.17, 15) is 50.6 Å². The molecular formula is C80H73F6N7O8. The molecule has 2 N–H and O–H groups in total. The Morgan fingerprint density at radius 1 is 0.495 bits per heavy atom. The molecule has 0 spiro atoms. The summed E-state index contributed by atoms with van der Waals surface area (Å²) in [5, 5.41) is 12.8. The highest BCUT2D eigenvalue weighted by molar-refractivity contribution is 5.99. The van der Waals surface area contributed by atoms with Gasteiger partial charge < -0.3 is 39.3 Å². The molecule has 0 unspecified atom stereocenters. The maximum atomic E-state index is 14.1. The number of pyridine rings is 3. The summed E-state index contributed by atoms with van der Waals surface area (Å²) in [4.78, 5) is 71.6. The number of carbonyl (C=O) groups is 4. The Hall–Kier alpha value is -10.5. The maximum Gasteiger partial charge on any atom is 0.254 e. The normalized spacial score (nSPS) is 16.4. The van der Waals surface area contributed by atoms with Crippen LogP contribution in [0.15, 0.2) is 170 Å². The molecule has 3 aliphatic heterocycles. The first-order valence-corrected chi connectivity index (χ1v) is 33.8. The number of amides is 3. The molecule has 6 aromatic carbocycles. The van der Waals surface area contributed by atoms with Crippen LogP contribution in [0.1, 0.15) is 157 Å². The molecule has 518 valence electrons. The van der Waals surface area contributed by atoms with Crippen molar-refractivity contribution < 1.29 is 64.8 Å². The molecule has 6 heterocycles. The van der Waals surface area contributed by atoms with Crippen LogP contribution in [0.4, 0.5) is 26.3 Å². The minimum Gasteiger partial charge on any atom is -0.454 e. The van der Waals surface area contributed by atoms with E-state index in [2.05, 4.69) is 16.9 Å². The second-order valence-corrected chi connectivity index (χ2v) is 26.8. The molecule has 3 fully saturated rings. The number of halogens is 6. The van der Waals surface area contributed by atoms with Crippen LogP contribution in [0.3, 0.4) is 0 Å². The minimum absolute atomic E-state index is 0.0125. The van der Waals surface area contributed by atoms with Crippen molar-refractivity contribution in [3.63, 3.8) is 0 Å². The number of ether oxygens (including phenoxy) is 3.